The molecule has 0 bridgehead atoms. The summed E-state index contributed by atoms with van der Waals surface area (Å²) in [6.07, 6.45) is 0. The first-order chi connectivity index (χ1) is 9.57. The lowest BCUT2D eigenvalue weighted by Gasteiger charge is -2.30. The van der Waals surface area contributed by atoms with Gasteiger partial charge in [-0.1, -0.05) is 18.2 Å². The quantitative estimate of drug-likeness (QED) is 0.880. The van der Waals surface area contributed by atoms with Gasteiger partial charge in [0.05, 0.1) is 19.3 Å². The van der Waals surface area contributed by atoms with Crippen LogP contribution < -0.4 is 10.1 Å². The van der Waals surface area contributed by atoms with Crippen molar-refractivity contribution in [3.05, 3.63) is 59.9 Å². The van der Waals surface area contributed by atoms with Crippen molar-refractivity contribution in [2.75, 3.05) is 19.0 Å². The van der Waals surface area contributed by atoms with Crippen molar-refractivity contribution in [3.63, 3.8) is 0 Å². The van der Waals surface area contributed by atoms with Crippen molar-refractivity contribution in [2.24, 2.45) is 0 Å². The summed E-state index contributed by atoms with van der Waals surface area (Å²) >= 11 is 0. The van der Waals surface area contributed by atoms with Crippen LogP contribution >= 0.6 is 0 Å². The lowest BCUT2D eigenvalue weighted by Crippen LogP contribution is -2.35. The van der Waals surface area contributed by atoms with Gasteiger partial charge in [-0.15, -0.1) is 0 Å². The average Bonchev–Trinajstić information content (AvgIpc) is 2.48. The van der Waals surface area contributed by atoms with Gasteiger partial charge in [-0.3, -0.25) is 0 Å². The first kappa shape index (κ1) is 14.3. The number of ether oxygens (including phenoxy) is 1. The van der Waals surface area contributed by atoms with Crippen molar-refractivity contribution in [1.29, 1.82) is 0 Å². The van der Waals surface area contributed by atoms with Crippen molar-refractivity contribution in [2.45, 2.75) is 12.5 Å². The highest BCUT2D eigenvalue weighted by Gasteiger charge is 2.25. The van der Waals surface area contributed by atoms with E-state index >= 15 is 0 Å². The van der Waals surface area contributed by atoms with Crippen LogP contribution in [0.15, 0.2) is 48.5 Å². The Morgan fingerprint density at radius 2 is 1.90 bits per heavy atom. The SMILES string of the molecule is COc1cccc(NC(C)(CO)c2ccc(F)cc2)c1. The Hall–Kier alpha value is -2.07. The van der Waals surface area contributed by atoms with E-state index in [-0.39, 0.29) is 12.4 Å². The van der Waals surface area contributed by atoms with Gasteiger partial charge in [-0.2, -0.15) is 0 Å². The number of halogens is 1. The van der Waals surface area contributed by atoms with Gasteiger partial charge in [0.1, 0.15) is 11.6 Å². The number of aliphatic hydroxyl groups is 1. The number of anilines is 1. The van der Waals surface area contributed by atoms with Gasteiger partial charge in [0, 0.05) is 11.8 Å². The van der Waals surface area contributed by atoms with E-state index in [2.05, 4.69) is 5.32 Å². The monoisotopic (exact) mass is 275 g/mol. The fourth-order valence-electron chi connectivity index (χ4n) is 2.04. The van der Waals surface area contributed by atoms with Crippen LogP contribution in [0.5, 0.6) is 5.75 Å². The Bertz CT molecular complexity index is 571. The molecule has 1 atom stereocenters. The zero-order valence-electron chi connectivity index (χ0n) is 11.6. The maximum atomic E-state index is 13.0. The summed E-state index contributed by atoms with van der Waals surface area (Å²) in [5.41, 5.74) is 0.939. The van der Waals surface area contributed by atoms with Gasteiger partial charge in [-0.25, -0.2) is 4.39 Å². The molecule has 0 radical (unpaired) electrons. The predicted octanol–water partition coefficient (Wildman–Crippen LogP) is 3.15. The van der Waals surface area contributed by atoms with E-state index in [4.69, 9.17) is 4.74 Å². The highest BCUT2D eigenvalue weighted by Crippen LogP contribution is 2.27. The summed E-state index contributed by atoms with van der Waals surface area (Å²) in [5.74, 6) is 0.435. The minimum absolute atomic E-state index is 0.115. The van der Waals surface area contributed by atoms with Crippen LogP contribution in [0.25, 0.3) is 0 Å². The van der Waals surface area contributed by atoms with Crippen LogP contribution in [0.4, 0.5) is 10.1 Å². The first-order valence-electron chi connectivity index (χ1n) is 6.36. The molecule has 0 aliphatic rings. The van der Waals surface area contributed by atoms with Crippen molar-refractivity contribution < 1.29 is 14.2 Å². The van der Waals surface area contributed by atoms with E-state index in [1.165, 1.54) is 12.1 Å². The van der Waals surface area contributed by atoms with Gasteiger partial charge in [0.25, 0.3) is 0 Å². The van der Waals surface area contributed by atoms with E-state index in [1.54, 1.807) is 19.2 Å². The minimum Gasteiger partial charge on any atom is -0.497 e. The third kappa shape index (κ3) is 3.08. The van der Waals surface area contributed by atoms with Gasteiger partial charge in [0.2, 0.25) is 0 Å². The molecule has 2 rings (SSSR count). The van der Waals surface area contributed by atoms with Crippen molar-refractivity contribution in [1.82, 2.24) is 0 Å². The van der Waals surface area contributed by atoms with E-state index in [0.717, 1.165) is 17.0 Å². The Morgan fingerprint density at radius 1 is 1.20 bits per heavy atom. The van der Waals surface area contributed by atoms with Gasteiger partial charge in [-0.05, 0) is 36.8 Å². The van der Waals surface area contributed by atoms with E-state index in [0.29, 0.717) is 0 Å². The van der Waals surface area contributed by atoms with Crippen LogP contribution in [0.3, 0.4) is 0 Å². The average molecular weight is 275 g/mol. The van der Waals surface area contributed by atoms with Crippen LogP contribution in [0.2, 0.25) is 0 Å². The summed E-state index contributed by atoms with van der Waals surface area (Å²) in [4.78, 5) is 0. The van der Waals surface area contributed by atoms with Crippen LogP contribution in [0, 0.1) is 5.82 Å². The van der Waals surface area contributed by atoms with Crippen molar-refractivity contribution in [3.8, 4) is 5.75 Å². The molecule has 0 saturated heterocycles. The molecule has 0 aliphatic carbocycles. The summed E-state index contributed by atoms with van der Waals surface area (Å²) in [6.45, 7) is 1.75. The molecule has 3 nitrogen and oxygen atoms in total. The highest BCUT2D eigenvalue weighted by molar-refractivity contribution is 5.51. The molecule has 0 amide bonds. The minimum atomic E-state index is -0.694. The van der Waals surface area contributed by atoms with Crippen LogP contribution in [-0.4, -0.2) is 18.8 Å². The molecular weight excluding hydrogens is 257 g/mol. The molecule has 4 heteroatoms. The molecule has 2 aromatic carbocycles. The number of benzene rings is 2. The summed E-state index contributed by atoms with van der Waals surface area (Å²) < 4.78 is 18.2. The molecule has 106 valence electrons. The van der Waals surface area contributed by atoms with Crippen molar-refractivity contribution >= 4 is 5.69 Å². The third-order valence-electron chi connectivity index (χ3n) is 3.29. The van der Waals surface area contributed by atoms with Gasteiger partial charge in [0.15, 0.2) is 0 Å². The second-order valence-electron chi connectivity index (χ2n) is 4.85. The van der Waals surface area contributed by atoms with Gasteiger partial charge < -0.3 is 15.2 Å². The summed E-state index contributed by atoms with van der Waals surface area (Å²) in [7, 11) is 1.60. The lowest BCUT2D eigenvalue weighted by molar-refractivity contribution is 0.224. The number of methoxy groups -OCH3 is 1. The molecule has 1 unspecified atom stereocenters. The number of hydrogen-bond donors (Lipinski definition) is 2. The van der Waals surface area contributed by atoms with E-state index in [1.807, 2.05) is 31.2 Å². The topological polar surface area (TPSA) is 41.5 Å². The van der Waals surface area contributed by atoms with E-state index in [9.17, 15) is 9.50 Å². The molecule has 0 fully saturated rings. The van der Waals surface area contributed by atoms with Crippen LogP contribution in [-0.2, 0) is 5.54 Å². The Balaban J connectivity index is 2.28. The number of nitrogens with one attached hydrogen (secondary N) is 1. The molecule has 2 aromatic rings. The van der Waals surface area contributed by atoms with Crippen LogP contribution in [0.1, 0.15) is 12.5 Å². The Morgan fingerprint density at radius 3 is 2.50 bits per heavy atom. The lowest BCUT2D eigenvalue weighted by atomic mass is 9.92. The zero-order chi connectivity index (χ0) is 14.6. The molecule has 0 saturated carbocycles. The zero-order valence-corrected chi connectivity index (χ0v) is 11.6. The number of hydrogen-bond acceptors (Lipinski definition) is 3. The largest absolute Gasteiger partial charge is 0.497 e. The number of rotatable bonds is 5. The molecule has 2 N–H and O–H groups in total. The fourth-order valence-corrected chi connectivity index (χ4v) is 2.04. The molecule has 0 aromatic heterocycles. The van der Waals surface area contributed by atoms with Gasteiger partial charge >= 0.3 is 0 Å². The Kier molecular flexibility index (Phi) is 4.25. The van der Waals surface area contributed by atoms with E-state index < -0.39 is 5.54 Å². The smallest absolute Gasteiger partial charge is 0.123 e. The predicted molar refractivity (Wildman–Crippen MR) is 77.5 cm³/mol. The second-order valence-corrected chi connectivity index (χ2v) is 4.85. The fraction of sp³-hybridized carbons (Fsp3) is 0.250. The Labute approximate surface area is 118 Å². The molecular formula is C16H18FNO2. The molecule has 20 heavy (non-hydrogen) atoms. The third-order valence-corrected chi connectivity index (χ3v) is 3.29. The molecule has 0 spiro atoms. The first-order valence-corrected chi connectivity index (χ1v) is 6.36. The highest BCUT2D eigenvalue weighted by atomic mass is 19.1. The molecule has 0 heterocycles. The maximum absolute atomic E-state index is 13.0. The molecule has 0 aliphatic heterocycles. The second kappa shape index (κ2) is 5.92. The summed E-state index contributed by atoms with van der Waals surface area (Å²) in [6, 6.07) is 13.5. The maximum Gasteiger partial charge on any atom is 0.123 e. The number of aliphatic hydroxyl groups excluding tert-OH is 1. The normalized spacial score (nSPS) is 13.6. The summed E-state index contributed by atoms with van der Waals surface area (Å²) in [5, 5.41) is 13.0. The standard InChI is InChI=1S/C16H18FNO2/c1-16(11-19,12-6-8-13(17)9-7-12)18-14-4-3-5-15(10-14)20-2/h3-10,18-19H,11H2,1-2H3.